The Hall–Kier alpha value is -3.37. The van der Waals surface area contributed by atoms with Gasteiger partial charge in [0.15, 0.2) is 0 Å². The number of carbonyl (C=O) groups is 1. The van der Waals surface area contributed by atoms with Gasteiger partial charge in [-0.15, -0.1) is 0 Å². The highest BCUT2D eigenvalue weighted by Gasteiger charge is 2.32. The lowest BCUT2D eigenvalue weighted by Gasteiger charge is -2.40. The van der Waals surface area contributed by atoms with Crippen LogP contribution in [-0.2, 0) is 30.4 Å². The molecule has 2 N–H and O–H groups in total. The number of benzene rings is 2. The molecule has 0 radical (unpaired) electrons. The van der Waals surface area contributed by atoms with E-state index in [0.717, 1.165) is 60.7 Å². The number of urea groups is 1. The van der Waals surface area contributed by atoms with Crippen LogP contribution in [-0.4, -0.2) is 58.6 Å². The maximum Gasteiger partial charge on any atom is 0.416 e. The maximum absolute atomic E-state index is 13.0. The van der Waals surface area contributed by atoms with Crippen LogP contribution in [0.15, 0.2) is 48.5 Å². The fourth-order valence-corrected chi connectivity index (χ4v) is 5.07. The normalized spacial score (nSPS) is 17.1. The van der Waals surface area contributed by atoms with Gasteiger partial charge in [0, 0.05) is 57.0 Å². The number of hydrogen-bond donors (Lipinski definition) is 2. The molecule has 1 saturated heterocycles. The Kier molecular flexibility index (Phi) is 7.21. The van der Waals surface area contributed by atoms with Gasteiger partial charge >= 0.3 is 12.2 Å². The average Bonchev–Trinajstić information content (AvgIpc) is 3.29. The summed E-state index contributed by atoms with van der Waals surface area (Å²) >= 11 is 0. The van der Waals surface area contributed by atoms with Gasteiger partial charge in [-0.25, -0.2) is 9.78 Å². The third-order valence-corrected chi connectivity index (χ3v) is 7.13. The number of para-hydroxylation sites is 1. The number of aromatic amines is 1. The Morgan fingerprint density at radius 3 is 2.51 bits per heavy atom. The molecule has 1 fully saturated rings. The fraction of sp³-hybridized carbons (Fsp3) is 0.407. The van der Waals surface area contributed by atoms with E-state index in [1.807, 2.05) is 29.2 Å². The van der Waals surface area contributed by atoms with Gasteiger partial charge in [0.05, 0.1) is 23.6 Å². The Bertz CT molecular complexity index is 1230. The summed E-state index contributed by atoms with van der Waals surface area (Å²) in [7, 11) is 1.63. The molecule has 10 heteroatoms. The molecule has 2 aromatic carbocycles. The van der Waals surface area contributed by atoms with E-state index in [1.54, 1.807) is 7.11 Å². The number of likely N-dealkylation sites (tertiary alicyclic amines) is 1. The second-order valence-electron chi connectivity index (χ2n) is 9.55. The van der Waals surface area contributed by atoms with Gasteiger partial charge in [0.2, 0.25) is 0 Å². The Balaban J connectivity index is 1.25. The number of aromatic nitrogens is 2. The van der Waals surface area contributed by atoms with Crippen molar-refractivity contribution in [3.63, 3.8) is 0 Å². The number of halogens is 3. The number of nitrogens with zero attached hydrogens (tertiary/aromatic N) is 3. The van der Waals surface area contributed by atoms with Crippen LogP contribution in [0.25, 0.3) is 11.4 Å². The summed E-state index contributed by atoms with van der Waals surface area (Å²) in [6.07, 6.45) is -2.04. The molecular formula is C27H30F3N5O2. The Morgan fingerprint density at radius 2 is 1.81 bits per heavy atom. The number of carbonyl (C=O) groups excluding carboxylic acids is 1. The number of nitrogens with one attached hydrogen (secondary N) is 2. The third-order valence-electron chi connectivity index (χ3n) is 7.13. The third kappa shape index (κ3) is 5.65. The standard InChI is InChI=1S/C27H30F3N5O2/c1-37-15-12-23-24(32-25(31-23)18-6-8-20(9-7-18)27(28,29)30)17-34-13-10-21(11-14-34)35-16-19-4-2-3-5-22(19)33-26(35)36/h2-9,21H,10-17H2,1H3,(H,31,32)(H,33,36). The van der Waals surface area contributed by atoms with Crippen molar-refractivity contribution in [2.75, 3.05) is 32.1 Å². The summed E-state index contributed by atoms with van der Waals surface area (Å²) in [6, 6.07) is 13.0. The molecular weight excluding hydrogens is 483 g/mol. The molecule has 37 heavy (non-hydrogen) atoms. The summed E-state index contributed by atoms with van der Waals surface area (Å²) in [6.45, 7) is 3.42. The zero-order chi connectivity index (χ0) is 26.0. The highest BCUT2D eigenvalue weighted by Crippen LogP contribution is 2.31. The van der Waals surface area contributed by atoms with Crippen molar-refractivity contribution >= 4 is 11.7 Å². The summed E-state index contributed by atoms with van der Waals surface area (Å²) < 4.78 is 44.1. The second kappa shape index (κ2) is 10.5. The summed E-state index contributed by atoms with van der Waals surface area (Å²) in [5, 5.41) is 3.00. The first-order chi connectivity index (χ1) is 17.8. The molecule has 1 aromatic heterocycles. The van der Waals surface area contributed by atoms with Crippen LogP contribution in [0.3, 0.4) is 0 Å². The highest BCUT2D eigenvalue weighted by atomic mass is 19.4. The van der Waals surface area contributed by atoms with Crippen LogP contribution in [0, 0.1) is 0 Å². The van der Waals surface area contributed by atoms with Crippen molar-refractivity contribution in [1.82, 2.24) is 19.8 Å². The minimum Gasteiger partial charge on any atom is -0.384 e. The van der Waals surface area contributed by atoms with Crippen LogP contribution < -0.4 is 5.32 Å². The van der Waals surface area contributed by atoms with E-state index in [0.29, 0.717) is 37.5 Å². The number of anilines is 1. The summed E-state index contributed by atoms with van der Waals surface area (Å²) in [5.74, 6) is 0.549. The van der Waals surface area contributed by atoms with Crippen molar-refractivity contribution in [3.8, 4) is 11.4 Å². The van der Waals surface area contributed by atoms with Crippen LogP contribution in [0.1, 0.15) is 35.4 Å². The first-order valence-corrected chi connectivity index (χ1v) is 12.4. The highest BCUT2D eigenvalue weighted by molar-refractivity contribution is 5.92. The molecule has 0 saturated carbocycles. The molecule has 2 aliphatic rings. The van der Waals surface area contributed by atoms with E-state index in [9.17, 15) is 18.0 Å². The number of rotatable bonds is 7. The van der Waals surface area contributed by atoms with E-state index < -0.39 is 11.7 Å². The Labute approximate surface area is 213 Å². The van der Waals surface area contributed by atoms with Crippen molar-refractivity contribution in [2.45, 2.75) is 44.6 Å². The van der Waals surface area contributed by atoms with E-state index >= 15 is 0 Å². The molecule has 2 aliphatic heterocycles. The minimum absolute atomic E-state index is 0.0475. The van der Waals surface area contributed by atoms with Crippen molar-refractivity contribution in [1.29, 1.82) is 0 Å². The molecule has 0 unspecified atom stereocenters. The molecule has 196 valence electrons. The van der Waals surface area contributed by atoms with Crippen LogP contribution >= 0.6 is 0 Å². The SMILES string of the molecule is COCCc1nc(-c2ccc(C(F)(F)F)cc2)[nH]c1CN1CCC(N2Cc3ccccc3NC2=O)CC1. The van der Waals surface area contributed by atoms with Gasteiger partial charge in [-0.3, -0.25) is 4.90 Å². The number of imidazole rings is 1. The minimum atomic E-state index is -4.37. The lowest BCUT2D eigenvalue weighted by atomic mass is 10.0. The Morgan fingerprint density at radius 1 is 1.08 bits per heavy atom. The van der Waals surface area contributed by atoms with Gasteiger partial charge < -0.3 is 19.9 Å². The van der Waals surface area contributed by atoms with E-state index in [-0.39, 0.29) is 12.1 Å². The molecule has 3 aromatic rings. The molecule has 0 atom stereocenters. The van der Waals surface area contributed by atoms with E-state index in [4.69, 9.17) is 9.72 Å². The van der Waals surface area contributed by atoms with Gasteiger partial charge in [-0.05, 0) is 36.6 Å². The molecule has 2 amide bonds. The number of piperidine rings is 1. The zero-order valence-electron chi connectivity index (χ0n) is 20.6. The van der Waals surface area contributed by atoms with E-state index in [1.165, 1.54) is 12.1 Å². The molecule has 0 spiro atoms. The first kappa shape index (κ1) is 25.3. The predicted molar refractivity (Wildman–Crippen MR) is 134 cm³/mol. The number of ether oxygens (including phenoxy) is 1. The predicted octanol–water partition coefficient (Wildman–Crippen LogP) is 5.30. The number of alkyl halides is 3. The number of amides is 2. The van der Waals surface area contributed by atoms with Crippen LogP contribution in [0.2, 0.25) is 0 Å². The summed E-state index contributed by atoms with van der Waals surface area (Å²) in [4.78, 5) is 25.0. The molecule has 7 nitrogen and oxygen atoms in total. The smallest absolute Gasteiger partial charge is 0.384 e. The quantitative estimate of drug-likeness (QED) is 0.450. The second-order valence-corrected chi connectivity index (χ2v) is 9.55. The molecule has 5 rings (SSSR count). The monoisotopic (exact) mass is 513 g/mol. The van der Waals surface area contributed by atoms with Gasteiger partial charge in [-0.2, -0.15) is 13.2 Å². The van der Waals surface area contributed by atoms with Crippen molar-refractivity contribution in [3.05, 3.63) is 71.0 Å². The lowest BCUT2D eigenvalue weighted by Crippen LogP contribution is -2.50. The number of hydrogen-bond acceptors (Lipinski definition) is 4. The fourth-order valence-electron chi connectivity index (χ4n) is 5.07. The van der Waals surface area contributed by atoms with Gasteiger partial charge in [0.25, 0.3) is 0 Å². The van der Waals surface area contributed by atoms with Crippen LogP contribution in [0.5, 0.6) is 0 Å². The average molecular weight is 514 g/mol. The zero-order valence-corrected chi connectivity index (χ0v) is 20.6. The molecule has 0 aliphatic carbocycles. The lowest BCUT2D eigenvalue weighted by molar-refractivity contribution is -0.137. The number of H-pyrrole nitrogens is 1. The van der Waals surface area contributed by atoms with Crippen molar-refractivity contribution < 1.29 is 22.7 Å². The molecule has 0 bridgehead atoms. The van der Waals surface area contributed by atoms with Crippen molar-refractivity contribution in [2.24, 2.45) is 0 Å². The summed E-state index contributed by atoms with van der Waals surface area (Å²) in [5.41, 5.74) is 3.72. The number of fused-ring (bicyclic) bond motifs is 1. The maximum atomic E-state index is 13.0. The van der Waals surface area contributed by atoms with Crippen LogP contribution in [0.4, 0.5) is 23.7 Å². The van der Waals surface area contributed by atoms with Gasteiger partial charge in [-0.1, -0.05) is 30.3 Å². The topological polar surface area (TPSA) is 73.5 Å². The van der Waals surface area contributed by atoms with Gasteiger partial charge in [0.1, 0.15) is 5.82 Å². The number of methoxy groups -OCH3 is 1. The first-order valence-electron chi connectivity index (χ1n) is 12.4. The van der Waals surface area contributed by atoms with E-state index in [2.05, 4.69) is 15.2 Å². The largest absolute Gasteiger partial charge is 0.416 e. The molecule has 3 heterocycles.